The largest absolute Gasteiger partial charge is 0.456 e. The summed E-state index contributed by atoms with van der Waals surface area (Å²) in [6, 6.07) is 65.5. The van der Waals surface area contributed by atoms with Crippen LogP contribution in [0.25, 0.3) is 99.2 Å². The number of benzene rings is 8. The van der Waals surface area contributed by atoms with Gasteiger partial charge >= 0.3 is 0 Å². The molecule has 0 fully saturated rings. The molecule has 11 rings (SSSR count). The molecule has 0 amide bonds. The van der Waals surface area contributed by atoms with Gasteiger partial charge in [-0.05, 0) is 89.0 Å². The summed E-state index contributed by atoms with van der Waals surface area (Å²) in [5.74, 6) is 0. The van der Waals surface area contributed by atoms with E-state index in [4.69, 9.17) is 4.42 Å². The number of aromatic nitrogens is 2. The second kappa shape index (κ2) is 10.8. The number of para-hydroxylation sites is 4. The first-order chi connectivity index (χ1) is 25.3. The summed E-state index contributed by atoms with van der Waals surface area (Å²) in [4.78, 5) is 0. The SMILES string of the molecule is c1ccc(-n2c3ccccc3c3ccc(-c4cccc5c4c4ccccc4n5-c4cccc(-c5ccc6c(c5)oc5ccccc56)c4)cc32)cc1. The number of hydrogen-bond acceptors (Lipinski definition) is 1. The maximum absolute atomic E-state index is 6.26. The Kier molecular flexibility index (Phi) is 5.96. The van der Waals surface area contributed by atoms with E-state index < -0.39 is 0 Å². The van der Waals surface area contributed by atoms with Gasteiger partial charge in [0.25, 0.3) is 0 Å². The Morgan fingerprint density at radius 1 is 0.314 bits per heavy atom. The molecule has 3 heterocycles. The summed E-state index contributed by atoms with van der Waals surface area (Å²) in [6.45, 7) is 0. The molecule has 0 spiro atoms. The van der Waals surface area contributed by atoms with Crippen molar-refractivity contribution in [3.63, 3.8) is 0 Å². The summed E-state index contributed by atoms with van der Waals surface area (Å²) < 4.78 is 11.1. The first kappa shape index (κ1) is 28.0. The van der Waals surface area contributed by atoms with E-state index >= 15 is 0 Å². The van der Waals surface area contributed by atoms with Crippen molar-refractivity contribution in [2.75, 3.05) is 0 Å². The molecule has 0 bridgehead atoms. The number of hydrogen-bond donors (Lipinski definition) is 0. The molecule has 0 aliphatic carbocycles. The van der Waals surface area contributed by atoms with Gasteiger partial charge in [-0.2, -0.15) is 0 Å². The highest BCUT2D eigenvalue weighted by atomic mass is 16.3. The van der Waals surface area contributed by atoms with E-state index in [0.29, 0.717) is 0 Å². The molecule has 0 saturated carbocycles. The zero-order valence-corrected chi connectivity index (χ0v) is 27.6. The fourth-order valence-corrected chi connectivity index (χ4v) is 8.26. The normalized spacial score (nSPS) is 11.9. The molecule has 3 heteroatoms. The average Bonchev–Trinajstić information content (AvgIpc) is 3.85. The molecule has 0 saturated heterocycles. The highest BCUT2D eigenvalue weighted by Crippen LogP contribution is 2.41. The molecule has 3 aromatic heterocycles. The van der Waals surface area contributed by atoms with Crippen molar-refractivity contribution in [3.8, 4) is 33.6 Å². The number of furan rings is 1. The van der Waals surface area contributed by atoms with Crippen LogP contribution in [0.4, 0.5) is 0 Å². The summed E-state index contributed by atoms with van der Waals surface area (Å²) in [5.41, 5.74) is 13.6. The fourth-order valence-electron chi connectivity index (χ4n) is 8.26. The quantitative estimate of drug-likeness (QED) is 0.186. The molecule has 0 radical (unpaired) electrons. The van der Waals surface area contributed by atoms with Gasteiger partial charge < -0.3 is 13.6 Å². The number of nitrogens with zero attached hydrogens (tertiary/aromatic N) is 2. The van der Waals surface area contributed by atoms with Crippen LogP contribution in [0.3, 0.4) is 0 Å². The van der Waals surface area contributed by atoms with Gasteiger partial charge in [0.15, 0.2) is 0 Å². The van der Waals surface area contributed by atoms with E-state index in [9.17, 15) is 0 Å². The minimum absolute atomic E-state index is 0.906. The Morgan fingerprint density at radius 3 is 1.78 bits per heavy atom. The lowest BCUT2D eigenvalue weighted by Crippen LogP contribution is -1.94. The third kappa shape index (κ3) is 4.19. The van der Waals surface area contributed by atoms with Gasteiger partial charge in [0.05, 0.1) is 22.1 Å². The third-order valence-electron chi connectivity index (χ3n) is 10.5. The fraction of sp³-hybridized carbons (Fsp3) is 0. The maximum Gasteiger partial charge on any atom is 0.136 e. The van der Waals surface area contributed by atoms with Gasteiger partial charge in [0.1, 0.15) is 11.2 Å². The molecule has 0 aliphatic rings. The van der Waals surface area contributed by atoms with Gasteiger partial charge in [0, 0.05) is 43.7 Å². The molecule has 0 aliphatic heterocycles. The van der Waals surface area contributed by atoms with Gasteiger partial charge in [-0.15, -0.1) is 0 Å². The van der Waals surface area contributed by atoms with Crippen LogP contribution in [-0.2, 0) is 0 Å². The molecule has 0 atom stereocenters. The molecule has 8 aromatic carbocycles. The Morgan fingerprint density at radius 2 is 0.902 bits per heavy atom. The van der Waals surface area contributed by atoms with E-state index in [2.05, 4.69) is 179 Å². The molecule has 0 unspecified atom stereocenters. The summed E-state index contributed by atoms with van der Waals surface area (Å²) in [6.07, 6.45) is 0. The van der Waals surface area contributed by atoms with Gasteiger partial charge in [-0.3, -0.25) is 0 Å². The average molecular weight is 651 g/mol. The summed E-state index contributed by atoms with van der Waals surface area (Å²) in [7, 11) is 0. The lowest BCUT2D eigenvalue weighted by molar-refractivity contribution is 0.669. The van der Waals surface area contributed by atoms with Crippen molar-refractivity contribution < 1.29 is 4.42 Å². The molecular weight excluding hydrogens is 621 g/mol. The minimum atomic E-state index is 0.906. The van der Waals surface area contributed by atoms with Crippen LogP contribution in [0.1, 0.15) is 0 Å². The van der Waals surface area contributed by atoms with Crippen molar-refractivity contribution in [1.29, 1.82) is 0 Å². The smallest absolute Gasteiger partial charge is 0.136 e. The van der Waals surface area contributed by atoms with E-state index in [1.54, 1.807) is 0 Å². The summed E-state index contributed by atoms with van der Waals surface area (Å²) in [5, 5.41) is 7.30. The maximum atomic E-state index is 6.26. The number of rotatable bonds is 4. The predicted molar refractivity (Wildman–Crippen MR) is 213 cm³/mol. The van der Waals surface area contributed by atoms with Crippen LogP contribution in [0, 0.1) is 0 Å². The van der Waals surface area contributed by atoms with Crippen LogP contribution < -0.4 is 0 Å². The second-order valence-electron chi connectivity index (χ2n) is 13.3. The van der Waals surface area contributed by atoms with E-state index in [1.165, 1.54) is 54.7 Å². The van der Waals surface area contributed by atoms with E-state index in [0.717, 1.165) is 44.4 Å². The van der Waals surface area contributed by atoms with Crippen molar-refractivity contribution in [2.24, 2.45) is 0 Å². The standard InChI is InChI=1S/C48H30N2O/c1-2-13-34(14-3-1)49-42-20-7-4-16-37(42)38-26-25-33(29-45(38)49)36-19-11-22-44-48(36)41-18-5-8-21-43(41)50(44)35-15-10-12-31(28-35)32-24-27-40-39-17-6-9-23-46(39)51-47(40)30-32/h1-30H. The predicted octanol–water partition coefficient (Wildman–Crippen LogP) is 13.1. The highest BCUT2D eigenvalue weighted by Gasteiger charge is 2.19. The lowest BCUT2D eigenvalue weighted by atomic mass is 9.98. The summed E-state index contributed by atoms with van der Waals surface area (Å²) >= 11 is 0. The van der Waals surface area contributed by atoms with Gasteiger partial charge in [-0.1, -0.05) is 115 Å². The highest BCUT2D eigenvalue weighted by molar-refractivity contribution is 6.17. The van der Waals surface area contributed by atoms with Crippen LogP contribution in [0.15, 0.2) is 186 Å². The van der Waals surface area contributed by atoms with Crippen molar-refractivity contribution in [3.05, 3.63) is 182 Å². The Balaban J connectivity index is 1.11. The third-order valence-corrected chi connectivity index (χ3v) is 10.5. The van der Waals surface area contributed by atoms with Crippen molar-refractivity contribution >= 4 is 65.6 Å². The molecule has 51 heavy (non-hydrogen) atoms. The van der Waals surface area contributed by atoms with Crippen LogP contribution in [0.5, 0.6) is 0 Å². The van der Waals surface area contributed by atoms with Gasteiger partial charge in [0.2, 0.25) is 0 Å². The van der Waals surface area contributed by atoms with Crippen LogP contribution in [0.2, 0.25) is 0 Å². The molecule has 0 N–H and O–H groups in total. The van der Waals surface area contributed by atoms with Crippen LogP contribution >= 0.6 is 0 Å². The lowest BCUT2D eigenvalue weighted by Gasteiger charge is -2.11. The molecular formula is C48H30N2O. The molecule has 11 aromatic rings. The van der Waals surface area contributed by atoms with E-state index in [-0.39, 0.29) is 0 Å². The molecule has 238 valence electrons. The van der Waals surface area contributed by atoms with Crippen molar-refractivity contribution in [2.45, 2.75) is 0 Å². The zero-order valence-electron chi connectivity index (χ0n) is 27.6. The Hall–Kier alpha value is -6.84. The van der Waals surface area contributed by atoms with E-state index in [1.807, 2.05) is 12.1 Å². The monoisotopic (exact) mass is 650 g/mol. The first-order valence-corrected chi connectivity index (χ1v) is 17.4. The van der Waals surface area contributed by atoms with Gasteiger partial charge in [-0.25, -0.2) is 0 Å². The molecule has 3 nitrogen and oxygen atoms in total. The zero-order chi connectivity index (χ0) is 33.5. The van der Waals surface area contributed by atoms with Crippen molar-refractivity contribution in [1.82, 2.24) is 9.13 Å². The number of fused-ring (bicyclic) bond motifs is 9. The Bertz CT molecular complexity index is 3140. The van der Waals surface area contributed by atoms with Crippen LogP contribution in [-0.4, -0.2) is 9.13 Å². The second-order valence-corrected chi connectivity index (χ2v) is 13.3. The minimum Gasteiger partial charge on any atom is -0.456 e. The topological polar surface area (TPSA) is 23.0 Å². The Labute approximate surface area is 293 Å². The first-order valence-electron chi connectivity index (χ1n) is 17.4.